The van der Waals surface area contributed by atoms with Crippen LogP contribution in [0.5, 0.6) is 0 Å². The number of anilines is 1. The zero-order valence-corrected chi connectivity index (χ0v) is 11.5. The van der Waals surface area contributed by atoms with Gasteiger partial charge in [0.1, 0.15) is 5.82 Å². The first-order chi connectivity index (χ1) is 8.58. The first-order valence-electron chi connectivity index (χ1n) is 6.63. The third kappa shape index (κ3) is 3.00. The Morgan fingerprint density at radius 3 is 3.00 bits per heavy atom. The molecule has 1 aromatic rings. The lowest BCUT2D eigenvalue weighted by Crippen LogP contribution is -2.38. The maximum Gasteiger partial charge on any atom is 0.129 e. The van der Waals surface area contributed by atoms with Crippen molar-refractivity contribution in [1.29, 1.82) is 0 Å². The molecule has 1 aromatic heterocycles. The molecule has 0 amide bonds. The summed E-state index contributed by atoms with van der Waals surface area (Å²) < 4.78 is 0. The van der Waals surface area contributed by atoms with Crippen LogP contribution in [-0.2, 0) is 0 Å². The van der Waals surface area contributed by atoms with Crippen LogP contribution >= 0.6 is 0 Å². The molecule has 0 spiro atoms. The molecule has 18 heavy (non-hydrogen) atoms. The minimum atomic E-state index is -0.429. The van der Waals surface area contributed by atoms with Crippen LogP contribution < -0.4 is 4.90 Å². The molecule has 0 aromatic carbocycles. The molecule has 2 unspecified atom stereocenters. The summed E-state index contributed by atoms with van der Waals surface area (Å²) in [7, 11) is 4.21. The van der Waals surface area contributed by atoms with Crippen LogP contribution in [0.3, 0.4) is 0 Å². The molecule has 0 bridgehead atoms. The lowest BCUT2D eigenvalue weighted by atomic mass is 10.1. The maximum absolute atomic E-state index is 9.65. The van der Waals surface area contributed by atoms with E-state index in [0.29, 0.717) is 6.04 Å². The Morgan fingerprint density at radius 1 is 1.56 bits per heavy atom. The van der Waals surface area contributed by atoms with Crippen molar-refractivity contribution in [3.63, 3.8) is 0 Å². The zero-order chi connectivity index (χ0) is 13.1. The normalized spacial score (nSPS) is 21.6. The fourth-order valence-electron chi connectivity index (χ4n) is 2.60. The zero-order valence-electron chi connectivity index (χ0n) is 11.5. The Labute approximate surface area is 109 Å². The molecule has 0 saturated carbocycles. The minimum Gasteiger partial charge on any atom is -0.389 e. The van der Waals surface area contributed by atoms with Gasteiger partial charge in [-0.05, 0) is 51.6 Å². The predicted molar refractivity (Wildman–Crippen MR) is 73.8 cm³/mol. The second-order valence-corrected chi connectivity index (χ2v) is 5.38. The van der Waals surface area contributed by atoms with Gasteiger partial charge >= 0.3 is 0 Å². The third-order valence-corrected chi connectivity index (χ3v) is 3.50. The summed E-state index contributed by atoms with van der Waals surface area (Å²) in [5.74, 6) is 0.998. The number of aliphatic hydroxyl groups excluding tert-OH is 1. The Balaban J connectivity index is 2.16. The molecule has 0 aliphatic carbocycles. The van der Waals surface area contributed by atoms with Gasteiger partial charge in [0, 0.05) is 25.3 Å². The largest absolute Gasteiger partial charge is 0.389 e. The van der Waals surface area contributed by atoms with E-state index in [-0.39, 0.29) is 0 Å². The highest BCUT2D eigenvalue weighted by Crippen LogP contribution is 2.26. The third-order valence-electron chi connectivity index (χ3n) is 3.50. The van der Waals surface area contributed by atoms with Crippen LogP contribution in [0.1, 0.15) is 31.4 Å². The van der Waals surface area contributed by atoms with E-state index in [1.165, 1.54) is 12.8 Å². The fourth-order valence-corrected chi connectivity index (χ4v) is 2.60. The van der Waals surface area contributed by atoms with Gasteiger partial charge in [-0.1, -0.05) is 0 Å². The highest BCUT2D eigenvalue weighted by Gasteiger charge is 2.26. The van der Waals surface area contributed by atoms with Gasteiger partial charge in [0.05, 0.1) is 6.10 Å². The number of aromatic nitrogens is 1. The van der Waals surface area contributed by atoms with Gasteiger partial charge in [-0.2, -0.15) is 0 Å². The topological polar surface area (TPSA) is 39.6 Å². The fraction of sp³-hybridized carbons (Fsp3) is 0.643. The van der Waals surface area contributed by atoms with Gasteiger partial charge < -0.3 is 14.9 Å². The van der Waals surface area contributed by atoms with E-state index < -0.39 is 6.10 Å². The SMILES string of the molecule is CC(O)c1ccnc(N2CCCC2CN(C)C)c1. The highest BCUT2D eigenvalue weighted by molar-refractivity contribution is 5.44. The van der Waals surface area contributed by atoms with E-state index in [2.05, 4.69) is 28.9 Å². The number of hydrogen-bond acceptors (Lipinski definition) is 4. The summed E-state index contributed by atoms with van der Waals surface area (Å²) in [6, 6.07) is 4.43. The van der Waals surface area contributed by atoms with Crippen LogP contribution in [-0.4, -0.2) is 48.2 Å². The molecule has 0 radical (unpaired) electrons. The second kappa shape index (κ2) is 5.67. The molecule has 1 N–H and O–H groups in total. The van der Waals surface area contributed by atoms with Crippen molar-refractivity contribution in [2.75, 3.05) is 32.1 Å². The summed E-state index contributed by atoms with van der Waals surface area (Å²) in [6.45, 7) is 3.91. The Bertz CT molecular complexity index is 392. The molecular formula is C14H23N3O. The monoisotopic (exact) mass is 249 g/mol. The Hall–Kier alpha value is -1.13. The molecular weight excluding hydrogens is 226 g/mol. The average molecular weight is 249 g/mol. The molecule has 1 aliphatic heterocycles. The predicted octanol–water partition coefficient (Wildman–Crippen LogP) is 1.67. The van der Waals surface area contributed by atoms with Crippen molar-refractivity contribution in [2.24, 2.45) is 0 Å². The molecule has 2 rings (SSSR count). The van der Waals surface area contributed by atoms with Crippen molar-refractivity contribution >= 4 is 5.82 Å². The molecule has 4 heteroatoms. The number of likely N-dealkylation sites (N-methyl/N-ethyl adjacent to an activating group) is 1. The van der Waals surface area contributed by atoms with Crippen LogP contribution in [0.15, 0.2) is 18.3 Å². The van der Waals surface area contributed by atoms with Gasteiger partial charge in [0.15, 0.2) is 0 Å². The smallest absolute Gasteiger partial charge is 0.129 e. The molecule has 1 fully saturated rings. The van der Waals surface area contributed by atoms with Crippen LogP contribution in [0, 0.1) is 0 Å². The number of pyridine rings is 1. The first-order valence-corrected chi connectivity index (χ1v) is 6.63. The maximum atomic E-state index is 9.65. The molecule has 1 aliphatic rings. The summed E-state index contributed by atoms with van der Waals surface area (Å²) in [6.07, 6.45) is 3.81. The molecule has 4 nitrogen and oxygen atoms in total. The molecule has 2 heterocycles. The summed E-state index contributed by atoms with van der Waals surface area (Å²) in [4.78, 5) is 9.05. The second-order valence-electron chi connectivity index (χ2n) is 5.38. The molecule has 2 atom stereocenters. The summed E-state index contributed by atoms with van der Waals surface area (Å²) >= 11 is 0. The van der Waals surface area contributed by atoms with E-state index >= 15 is 0 Å². The van der Waals surface area contributed by atoms with Gasteiger partial charge in [-0.15, -0.1) is 0 Å². The summed E-state index contributed by atoms with van der Waals surface area (Å²) in [5.41, 5.74) is 0.940. The van der Waals surface area contributed by atoms with Crippen molar-refractivity contribution < 1.29 is 5.11 Å². The number of nitrogens with zero attached hydrogens (tertiary/aromatic N) is 3. The van der Waals surface area contributed by atoms with Crippen LogP contribution in [0.4, 0.5) is 5.82 Å². The van der Waals surface area contributed by atoms with Crippen molar-refractivity contribution in [3.8, 4) is 0 Å². The van der Waals surface area contributed by atoms with E-state index in [0.717, 1.165) is 24.5 Å². The van der Waals surface area contributed by atoms with Crippen LogP contribution in [0.2, 0.25) is 0 Å². The van der Waals surface area contributed by atoms with Crippen molar-refractivity contribution in [2.45, 2.75) is 31.9 Å². The molecule has 100 valence electrons. The van der Waals surface area contributed by atoms with Crippen LogP contribution in [0.25, 0.3) is 0 Å². The van der Waals surface area contributed by atoms with Gasteiger partial charge in [-0.3, -0.25) is 0 Å². The Kier molecular flexibility index (Phi) is 4.19. The number of hydrogen-bond donors (Lipinski definition) is 1. The van der Waals surface area contributed by atoms with E-state index in [4.69, 9.17) is 0 Å². The van der Waals surface area contributed by atoms with E-state index in [9.17, 15) is 5.11 Å². The number of aliphatic hydroxyl groups is 1. The highest BCUT2D eigenvalue weighted by atomic mass is 16.3. The van der Waals surface area contributed by atoms with E-state index in [1.54, 1.807) is 13.1 Å². The lowest BCUT2D eigenvalue weighted by Gasteiger charge is -2.28. The van der Waals surface area contributed by atoms with Crippen molar-refractivity contribution in [3.05, 3.63) is 23.9 Å². The van der Waals surface area contributed by atoms with Crippen molar-refractivity contribution in [1.82, 2.24) is 9.88 Å². The standard InChI is InChI=1S/C14H23N3O/c1-11(18)12-6-7-15-14(9-12)17-8-4-5-13(17)10-16(2)3/h6-7,9,11,13,18H,4-5,8,10H2,1-3H3. The lowest BCUT2D eigenvalue weighted by molar-refractivity contribution is 0.199. The minimum absolute atomic E-state index is 0.429. The number of rotatable bonds is 4. The summed E-state index contributed by atoms with van der Waals surface area (Å²) in [5, 5.41) is 9.65. The quantitative estimate of drug-likeness (QED) is 0.881. The Morgan fingerprint density at radius 2 is 2.33 bits per heavy atom. The van der Waals surface area contributed by atoms with E-state index in [1.807, 2.05) is 12.1 Å². The molecule has 1 saturated heterocycles. The van der Waals surface area contributed by atoms with Gasteiger partial charge in [-0.25, -0.2) is 4.98 Å². The van der Waals surface area contributed by atoms with Gasteiger partial charge in [0.25, 0.3) is 0 Å². The first kappa shape index (κ1) is 13.3. The average Bonchev–Trinajstić information content (AvgIpc) is 2.76. The van der Waals surface area contributed by atoms with Gasteiger partial charge in [0.2, 0.25) is 0 Å².